The van der Waals surface area contributed by atoms with Gasteiger partial charge in [-0.2, -0.15) is 0 Å². The highest BCUT2D eigenvalue weighted by Gasteiger charge is 2.13. The highest BCUT2D eigenvalue weighted by Crippen LogP contribution is 2.38. The van der Waals surface area contributed by atoms with Crippen molar-refractivity contribution in [1.82, 2.24) is 9.97 Å². The van der Waals surface area contributed by atoms with Gasteiger partial charge in [0.05, 0.1) is 14.2 Å². The maximum Gasteiger partial charge on any atom is 0.184 e. The minimum atomic E-state index is 0.679. The predicted octanol–water partition coefficient (Wildman–Crippen LogP) is 3.32. The molecule has 0 unspecified atom stereocenters. The molecule has 0 amide bonds. The van der Waals surface area contributed by atoms with Crippen LogP contribution in [-0.2, 0) is 6.54 Å². The number of pyridine rings is 1. The largest absolute Gasteiger partial charge is 0.495 e. The molecule has 0 saturated heterocycles. The standard InChI is InChI=1S/C15H15N3O2S/c1-19-11-5-6-12(20-2)14-13(11)18-15(21-14)17-9-10-4-3-7-16-8-10/h3-8H,9H2,1-2H3,(H,17,18). The van der Waals surface area contributed by atoms with Gasteiger partial charge in [-0.25, -0.2) is 4.98 Å². The Balaban J connectivity index is 1.90. The molecule has 0 aliphatic heterocycles. The average Bonchev–Trinajstić information content (AvgIpc) is 2.97. The summed E-state index contributed by atoms with van der Waals surface area (Å²) in [5.41, 5.74) is 1.92. The van der Waals surface area contributed by atoms with Crippen molar-refractivity contribution < 1.29 is 9.47 Å². The first-order chi connectivity index (χ1) is 10.3. The maximum atomic E-state index is 5.38. The van der Waals surface area contributed by atoms with Crippen LogP contribution >= 0.6 is 11.3 Å². The van der Waals surface area contributed by atoms with Crippen LogP contribution in [-0.4, -0.2) is 24.2 Å². The Morgan fingerprint density at radius 2 is 1.95 bits per heavy atom. The molecule has 1 N–H and O–H groups in total. The lowest BCUT2D eigenvalue weighted by molar-refractivity contribution is 0.410. The van der Waals surface area contributed by atoms with Gasteiger partial charge in [-0.1, -0.05) is 17.4 Å². The summed E-state index contributed by atoms with van der Waals surface area (Å²) in [7, 11) is 3.30. The van der Waals surface area contributed by atoms with Gasteiger partial charge >= 0.3 is 0 Å². The summed E-state index contributed by atoms with van der Waals surface area (Å²) < 4.78 is 11.7. The molecule has 0 saturated carbocycles. The van der Waals surface area contributed by atoms with E-state index in [2.05, 4.69) is 15.3 Å². The molecule has 3 aromatic rings. The third-order valence-corrected chi connectivity index (χ3v) is 4.10. The van der Waals surface area contributed by atoms with Gasteiger partial charge in [0.15, 0.2) is 5.13 Å². The van der Waals surface area contributed by atoms with Crippen molar-refractivity contribution in [3.05, 3.63) is 42.2 Å². The molecule has 6 heteroatoms. The zero-order chi connectivity index (χ0) is 14.7. The van der Waals surface area contributed by atoms with Gasteiger partial charge in [0, 0.05) is 18.9 Å². The summed E-state index contributed by atoms with van der Waals surface area (Å²) in [6, 6.07) is 7.70. The van der Waals surface area contributed by atoms with Crippen LogP contribution in [0.25, 0.3) is 10.2 Å². The van der Waals surface area contributed by atoms with E-state index in [1.807, 2.05) is 30.5 Å². The molecule has 2 aromatic heterocycles. The predicted molar refractivity (Wildman–Crippen MR) is 84.3 cm³/mol. The summed E-state index contributed by atoms with van der Waals surface area (Å²) in [6.07, 6.45) is 3.60. The molecule has 21 heavy (non-hydrogen) atoms. The second kappa shape index (κ2) is 5.97. The number of hydrogen-bond donors (Lipinski definition) is 1. The van der Waals surface area contributed by atoms with E-state index in [0.717, 1.165) is 32.4 Å². The van der Waals surface area contributed by atoms with E-state index in [1.165, 1.54) is 0 Å². The van der Waals surface area contributed by atoms with E-state index < -0.39 is 0 Å². The molecule has 2 heterocycles. The number of fused-ring (bicyclic) bond motifs is 1. The third kappa shape index (κ3) is 2.75. The fourth-order valence-electron chi connectivity index (χ4n) is 2.04. The molecule has 0 fully saturated rings. The number of anilines is 1. The number of aromatic nitrogens is 2. The number of nitrogens with one attached hydrogen (secondary N) is 1. The van der Waals surface area contributed by atoms with Crippen LogP contribution < -0.4 is 14.8 Å². The third-order valence-electron chi connectivity index (χ3n) is 3.08. The number of thiazole rings is 1. The summed E-state index contributed by atoms with van der Waals surface area (Å²) in [5.74, 6) is 1.55. The normalized spacial score (nSPS) is 10.6. The molecule has 0 aliphatic carbocycles. The monoisotopic (exact) mass is 301 g/mol. The SMILES string of the molecule is COc1ccc(OC)c2sc(NCc3cccnc3)nc12. The molecule has 0 bridgehead atoms. The first-order valence-corrected chi connectivity index (χ1v) is 7.27. The number of methoxy groups -OCH3 is 2. The summed E-state index contributed by atoms with van der Waals surface area (Å²) >= 11 is 1.55. The molecule has 0 spiro atoms. The fraction of sp³-hybridized carbons (Fsp3) is 0.200. The van der Waals surface area contributed by atoms with Crippen LogP contribution in [0.3, 0.4) is 0 Å². The van der Waals surface area contributed by atoms with Crippen LogP contribution in [0.1, 0.15) is 5.56 Å². The molecule has 1 aromatic carbocycles. The van der Waals surface area contributed by atoms with Gasteiger partial charge in [0.2, 0.25) is 0 Å². The molecular formula is C15H15N3O2S. The zero-order valence-corrected chi connectivity index (χ0v) is 12.6. The number of benzene rings is 1. The molecule has 108 valence electrons. The van der Waals surface area contributed by atoms with Crippen LogP contribution in [0.2, 0.25) is 0 Å². The van der Waals surface area contributed by atoms with E-state index in [1.54, 1.807) is 31.8 Å². The smallest absolute Gasteiger partial charge is 0.184 e. The zero-order valence-electron chi connectivity index (χ0n) is 11.8. The quantitative estimate of drug-likeness (QED) is 0.783. The van der Waals surface area contributed by atoms with Gasteiger partial charge in [0.25, 0.3) is 0 Å². The topological polar surface area (TPSA) is 56.3 Å². The Morgan fingerprint density at radius 1 is 1.14 bits per heavy atom. The van der Waals surface area contributed by atoms with Gasteiger partial charge < -0.3 is 14.8 Å². The first kappa shape index (κ1) is 13.6. The number of rotatable bonds is 5. The van der Waals surface area contributed by atoms with Crippen LogP contribution in [0.5, 0.6) is 11.5 Å². The van der Waals surface area contributed by atoms with Crippen molar-refractivity contribution in [2.24, 2.45) is 0 Å². The molecule has 0 radical (unpaired) electrons. The lowest BCUT2D eigenvalue weighted by Crippen LogP contribution is -1.98. The first-order valence-electron chi connectivity index (χ1n) is 6.46. The van der Waals surface area contributed by atoms with Crippen molar-refractivity contribution in [3.8, 4) is 11.5 Å². The lowest BCUT2D eigenvalue weighted by Gasteiger charge is -2.03. The Kier molecular flexibility index (Phi) is 3.87. The van der Waals surface area contributed by atoms with E-state index in [-0.39, 0.29) is 0 Å². The van der Waals surface area contributed by atoms with Crippen molar-refractivity contribution in [2.45, 2.75) is 6.54 Å². The van der Waals surface area contributed by atoms with E-state index >= 15 is 0 Å². The highest BCUT2D eigenvalue weighted by atomic mass is 32.1. The van der Waals surface area contributed by atoms with Crippen molar-refractivity contribution in [3.63, 3.8) is 0 Å². The molecule has 0 atom stereocenters. The molecular weight excluding hydrogens is 286 g/mol. The van der Waals surface area contributed by atoms with Gasteiger partial charge in [0.1, 0.15) is 21.7 Å². The van der Waals surface area contributed by atoms with Gasteiger partial charge in [-0.3, -0.25) is 4.98 Å². The van der Waals surface area contributed by atoms with Crippen molar-refractivity contribution >= 4 is 26.7 Å². The number of nitrogens with zero attached hydrogens (tertiary/aromatic N) is 2. The maximum absolute atomic E-state index is 5.38. The Bertz CT molecular complexity index is 702. The molecule has 0 aliphatic rings. The highest BCUT2D eigenvalue weighted by molar-refractivity contribution is 7.22. The summed E-state index contributed by atoms with van der Waals surface area (Å²) in [5, 5.41) is 4.14. The minimum Gasteiger partial charge on any atom is -0.495 e. The van der Waals surface area contributed by atoms with Crippen molar-refractivity contribution in [1.29, 1.82) is 0 Å². The Labute approximate surface area is 126 Å². The van der Waals surface area contributed by atoms with Gasteiger partial charge in [-0.15, -0.1) is 0 Å². The lowest BCUT2D eigenvalue weighted by atomic mass is 10.3. The minimum absolute atomic E-state index is 0.679. The number of hydrogen-bond acceptors (Lipinski definition) is 6. The second-order valence-corrected chi connectivity index (χ2v) is 5.38. The van der Waals surface area contributed by atoms with E-state index in [9.17, 15) is 0 Å². The van der Waals surface area contributed by atoms with E-state index in [4.69, 9.17) is 9.47 Å². The average molecular weight is 301 g/mol. The van der Waals surface area contributed by atoms with E-state index in [0.29, 0.717) is 6.54 Å². The number of ether oxygens (including phenoxy) is 2. The second-order valence-electron chi connectivity index (χ2n) is 4.38. The van der Waals surface area contributed by atoms with Crippen LogP contribution in [0, 0.1) is 0 Å². The molecule has 3 rings (SSSR count). The van der Waals surface area contributed by atoms with Crippen LogP contribution in [0.4, 0.5) is 5.13 Å². The Hall–Kier alpha value is -2.34. The van der Waals surface area contributed by atoms with Crippen LogP contribution in [0.15, 0.2) is 36.7 Å². The fourth-order valence-corrected chi connectivity index (χ4v) is 3.01. The summed E-state index contributed by atoms with van der Waals surface area (Å²) in [4.78, 5) is 8.69. The molecule has 5 nitrogen and oxygen atoms in total. The summed E-state index contributed by atoms with van der Waals surface area (Å²) in [6.45, 7) is 0.679. The Morgan fingerprint density at radius 3 is 2.67 bits per heavy atom. The van der Waals surface area contributed by atoms with Gasteiger partial charge in [-0.05, 0) is 23.8 Å². The van der Waals surface area contributed by atoms with Crippen molar-refractivity contribution in [2.75, 3.05) is 19.5 Å².